The topological polar surface area (TPSA) is 59.8 Å². The van der Waals surface area contributed by atoms with E-state index in [1.807, 2.05) is 26.0 Å². The number of anilines is 1. The molecule has 1 amide bonds. The fourth-order valence-electron chi connectivity index (χ4n) is 4.45. The van der Waals surface area contributed by atoms with Crippen LogP contribution in [-0.4, -0.2) is 20.4 Å². The van der Waals surface area contributed by atoms with Crippen molar-refractivity contribution in [1.82, 2.24) is 14.5 Å². The van der Waals surface area contributed by atoms with Gasteiger partial charge in [0.1, 0.15) is 10.7 Å². The number of carbonyl (C=O) groups excluding carboxylic acids is 1. The van der Waals surface area contributed by atoms with Gasteiger partial charge in [-0.05, 0) is 69.0 Å². The molecule has 6 heteroatoms. The van der Waals surface area contributed by atoms with Crippen molar-refractivity contribution in [3.05, 3.63) is 51.8 Å². The van der Waals surface area contributed by atoms with Crippen LogP contribution in [-0.2, 0) is 13.0 Å². The highest BCUT2D eigenvalue weighted by Crippen LogP contribution is 2.33. The summed E-state index contributed by atoms with van der Waals surface area (Å²) in [6.07, 6.45) is 4.70. The van der Waals surface area contributed by atoms with E-state index in [0.29, 0.717) is 0 Å². The first-order chi connectivity index (χ1) is 14.0. The van der Waals surface area contributed by atoms with E-state index in [2.05, 4.69) is 33.9 Å². The molecule has 0 bridgehead atoms. The lowest BCUT2D eigenvalue weighted by Crippen LogP contribution is -2.11. The standard InChI is InChI=1S/C23H24N4OS/c1-13-11-14(2)24-23-20(13)15(3)21(29-23)22(28)25-16-8-9-18-17(12-16)26-19-7-5-4-6-10-27(18)19/h8-9,11-12H,4-7,10H2,1-3H3,(H,25,28). The molecule has 0 saturated heterocycles. The molecular weight excluding hydrogens is 380 g/mol. The normalized spacial score (nSPS) is 14.2. The molecule has 4 aromatic rings. The minimum absolute atomic E-state index is 0.0809. The van der Waals surface area contributed by atoms with E-state index in [1.54, 1.807) is 0 Å². The second-order valence-corrected chi connectivity index (χ2v) is 8.96. The van der Waals surface area contributed by atoms with Gasteiger partial charge in [-0.3, -0.25) is 4.79 Å². The highest BCUT2D eigenvalue weighted by Gasteiger charge is 2.19. The minimum Gasteiger partial charge on any atom is -0.328 e. The summed E-state index contributed by atoms with van der Waals surface area (Å²) in [5, 5.41) is 4.17. The minimum atomic E-state index is -0.0809. The molecule has 5 nitrogen and oxygen atoms in total. The quantitative estimate of drug-likeness (QED) is 0.476. The number of nitrogens with zero attached hydrogens (tertiary/aromatic N) is 3. The monoisotopic (exact) mass is 404 g/mol. The van der Waals surface area contributed by atoms with Crippen LogP contribution in [0.1, 0.15) is 51.6 Å². The van der Waals surface area contributed by atoms with Gasteiger partial charge in [-0.25, -0.2) is 9.97 Å². The number of benzene rings is 1. The molecule has 148 valence electrons. The molecule has 1 aliphatic rings. The van der Waals surface area contributed by atoms with Crippen molar-refractivity contribution in [2.75, 3.05) is 5.32 Å². The van der Waals surface area contributed by atoms with Crippen LogP contribution in [0.25, 0.3) is 21.3 Å². The molecule has 29 heavy (non-hydrogen) atoms. The Morgan fingerprint density at radius 1 is 1.10 bits per heavy atom. The first-order valence-electron chi connectivity index (χ1n) is 10.2. The Kier molecular flexibility index (Phi) is 4.39. The second kappa shape index (κ2) is 6.95. The summed E-state index contributed by atoms with van der Waals surface area (Å²) in [6.45, 7) is 7.11. The van der Waals surface area contributed by atoms with E-state index >= 15 is 0 Å². The Hall–Kier alpha value is -2.73. The fourth-order valence-corrected chi connectivity index (χ4v) is 5.65. The summed E-state index contributed by atoms with van der Waals surface area (Å²) in [5.41, 5.74) is 6.05. The molecule has 0 fully saturated rings. The number of amides is 1. The zero-order valence-electron chi connectivity index (χ0n) is 17.0. The second-order valence-electron chi connectivity index (χ2n) is 7.96. The molecule has 5 rings (SSSR count). The van der Waals surface area contributed by atoms with Crippen LogP contribution >= 0.6 is 11.3 Å². The zero-order valence-corrected chi connectivity index (χ0v) is 17.8. The Labute approximate surface area is 173 Å². The average Bonchev–Trinajstić information content (AvgIpc) is 3.09. The molecule has 0 atom stereocenters. The van der Waals surface area contributed by atoms with Crippen molar-refractivity contribution in [1.29, 1.82) is 0 Å². The lowest BCUT2D eigenvalue weighted by Gasteiger charge is -2.06. The Bertz CT molecular complexity index is 1270. The Morgan fingerprint density at radius 2 is 1.97 bits per heavy atom. The Morgan fingerprint density at radius 3 is 2.83 bits per heavy atom. The first kappa shape index (κ1) is 18.3. The smallest absolute Gasteiger partial charge is 0.266 e. The number of fused-ring (bicyclic) bond motifs is 4. The van der Waals surface area contributed by atoms with Crippen LogP contribution in [0.5, 0.6) is 0 Å². The van der Waals surface area contributed by atoms with E-state index in [1.165, 1.54) is 42.0 Å². The van der Waals surface area contributed by atoms with Crippen molar-refractivity contribution in [2.45, 2.75) is 53.0 Å². The number of aryl methyl sites for hydroxylation is 5. The van der Waals surface area contributed by atoms with Gasteiger partial charge in [0, 0.05) is 29.7 Å². The van der Waals surface area contributed by atoms with E-state index < -0.39 is 0 Å². The van der Waals surface area contributed by atoms with E-state index in [4.69, 9.17) is 4.98 Å². The molecule has 3 aromatic heterocycles. The van der Waals surface area contributed by atoms with Crippen LogP contribution in [0.2, 0.25) is 0 Å². The van der Waals surface area contributed by atoms with Crippen LogP contribution in [0.15, 0.2) is 24.3 Å². The predicted molar refractivity (Wildman–Crippen MR) is 119 cm³/mol. The molecule has 1 N–H and O–H groups in total. The molecule has 0 saturated carbocycles. The van der Waals surface area contributed by atoms with Crippen LogP contribution in [0.4, 0.5) is 5.69 Å². The highest BCUT2D eigenvalue weighted by atomic mass is 32.1. The largest absolute Gasteiger partial charge is 0.328 e. The summed E-state index contributed by atoms with van der Waals surface area (Å²) in [5.74, 6) is 1.08. The maximum absolute atomic E-state index is 13.0. The highest BCUT2D eigenvalue weighted by molar-refractivity contribution is 7.20. The van der Waals surface area contributed by atoms with E-state index in [-0.39, 0.29) is 5.91 Å². The number of imidazole rings is 1. The lowest BCUT2D eigenvalue weighted by molar-refractivity contribution is 0.103. The van der Waals surface area contributed by atoms with Gasteiger partial charge < -0.3 is 9.88 Å². The van der Waals surface area contributed by atoms with Gasteiger partial charge in [-0.1, -0.05) is 6.42 Å². The lowest BCUT2D eigenvalue weighted by atomic mass is 10.1. The van der Waals surface area contributed by atoms with E-state index in [0.717, 1.165) is 56.0 Å². The Balaban J connectivity index is 1.48. The number of carbonyl (C=O) groups is 1. The number of rotatable bonds is 2. The number of nitrogens with one attached hydrogen (secondary N) is 1. The van der Waals surface area contributed by atoms with Gasteiger partial charge in [-0.2, -0.15) is 0 Å². The van der Waals surface area contributed by atoms with Crippen molar-refractivity contribution >= 4 is 44.2 Å². The van der Waals surface area contributed by atoms with Crippen LogP contribution in [0, 0.1) is 20.8 Å². The van der Waals surface area contributed by atoms with Gasteiger partial charge in [0.15, 0.2) is 0 Å². The molecule has 0 aliphatic carbocycles. The number of aromatic nitrogens is 3. The van der Waals surface area contributed by atoms with Gasteiger partial charge in [0.05, 0.1) is 15.9 Å². The number of pyridine rings is 1. The first-order valence-corrected chi connectivity index (χ1v) is 11.0. The molecule has 4 heterocycles. The van der Waals surface area contributed by atoms with Crippen molar-refractivity contribution < 1.29 is 4.79 Å². The predicted octanol–water partition coefficient (Wildman–Crippen LogP) is 5.55. The third kappa shape index (κ3) is 3.12. The molecular formula is C23H24N4OS. The van der Waals surface area contributed by atoms with Gasteiger partial charge in [0.2, 0.25) is 0 Å². The van der Waals surface area contributed by atoms with Crippen molar-refractivity contribution in [3.8, 4) is 0 Å². The molecule has 0 radical (unpaired) electrons. The summed E-state index contributed by atoms with van der Waals surface area (Å²) < 4.78 is 2.33. The SMILES string of the molecule is Cc1cc(C)c2c(C)c(C(=O)Nc3ccc4c(c3)nc3n4CCCCC3)sc2n1. The summed E-state index contributed by atoms with van der Waals surface area (Å²) in [4.78, 5) is 24.1. The third-order valence-electron chi connectivity index (χ3n) is 5.80. The van der Waals surface area contributed by atoms with Crippen LogP contribution in [0.3, 0.4) is 0 Å². The average molecular weight is 405 g/mol. The summed E-state index contributed by atoms with van der Waals surface area (Å²) in [7, 11) is 0. The number of hydrogen-bond acceptors (Lipinski definition) is 4. The molecule has 1 aromatic carbocycles. The van der Waals surface area contributed by atoms with Crippen molar-refractivity contribution in [2.24, 2.45) is 0 Å². The van der Waals surface area contributed by atoms with Gasteiger partial charge in [0.25, 0.3) is 5.91 Å². The maximum atomic E-state index is 13.0. The zero-order chi connectivity index (χ0) is 20.1. The molecule has 0 unspecified atom stereocenters. The molecule has 0 spiro atoms. The summed E-state index contributed by atoms with van der Waals surface area (Å²) >= 11 is 1.46. The number of thiophene rings is 1. The van der Waals surface area contributed by atoms with Gasteiger partial charge >= 0.3 is 0 Å². The van der Waals surface area contributed by atoms with E-state index in [9.17, 15) is 4.79 Å². The fraction of sp³-hybridized carbons (Fsp3) is 0.348. The maximum Gasteiger partial charge on any atom is 0.266 e. The molecule has 1 aliphatic heterocycles. The third-order valence-corrected chi connectivity index (χ3v) is 6.98. The number of hydrogen-bond donors (Lipinski definition) is 1. The van der Waals surface area contributed by atoms with Crippen LogP contribution < -0.4 is 5.32 Å². The van der Waals surface area contributed by atoms with Gasteiger partial charge in [-0.15, -0.1) is 11.3 Å². The van der Waals surface area contributed by atoms with Crippen molar-refractivity contribution in [3.63, 3.8) is 0 Å². The summed E-state index contributed by atoms with van der Waals surface area (Å²) in [6, 6.07) is 8.13.